The fraction of sp³-hybridized carbons (Fsp3) is 0.857. The molecule has 0 aromatic carbocycles. The van der Waals surface area contributed by atoms with Gasteiger partial charge in [0, 0.05) is 33.9 Å². The van der Waals surface area contributed by atoms with Crippen molar-refractivity contribution in [1.29, 1.82) is 0 Å². The maximum Gasteiger partial charge on any atom is 1.00 e. The minimum absolute atomic E-state index is 0. The Morgan fingerprint density at radius 3 is 2.07 bits per heavy atom. The van der Waals surface area contributed by atoms with E-state index < -0.39 is 8.80 Å². The van der Waals surface area contributed by atoms with Gasteiger partial charge in [-0.05, 0) is 6.42 Å². The van der Waals surface area contributed by atoms with Crippen LogP contribution in [0.2, 0.25) is 6.04 Å². The van der Waals surface area contributed by atoms with Gasteiger partial charge in [-0.25, -0.2) is 0 Å². The summed E-state index contributed by atoms with van der Waals surface area (Å²) < 4.78 is 16.1. The van der Waals surface area contributed by atoms with E-state index in [-0.39, 0.29) is 18.9 Å². The number of hydrogen-bond acceptors (Lipinski definition) is 5. The van der Waals surface area contributed by atoms with Crippen LogP contribution in [-0.4, -0.2) is 41.0 Å². The van der Waals surface area contributed by atoms with Crippen LogP contribution in [0.5, 0.6) is 0 Å². The molecule has 0 bridgehead atoms. The van der Waals surface area contributed by atoms with Crippen molar-refractivity contribution in [2.45, 2.75) is 12.5 Å². The molecule has 0 aliphatic heterocycles. The second-order valence-electron chi connectivity index (χ2n) is 2.61. The number of hydrogen-bond donors (Lipinski definition) is 1. The van der Waals surface area contributed by atoms with E-state index in [1.165, 1.54) is 0 Å². The summed E-state index contributed by atoms with van der Waals surface area (Å²) >= 11 is 9.42. The average molecular weight is 261 g/mol. The Balaban J connectivity index is 0. The molecule has 0 unspecified atom stereocenters. The molecular formula is C7H16LiNO3S2Si. The molecule has 0 spiro atoms. The zero-order valence-electron chi connectivity index (χ0n) is 9.66. The van der Waals surface area contributed by atoms with E-state index >= 15 is 0 Å². The summed E-state index contributed by atoms with van der Waals surface area (Å²) in [6.45, 7) is 0.729. The van der Waals surface area contributed by atoms with Gasteiger partial charge in [0.1, 0.15) is 0 Å². The predicted octanol–water partition coefficient (Wildman–Crippen LogP) is -2.32. The monoisotopic (exact) mass is 261 g/mol. The third-order valence-corrected chi connectivity index (χ3v) is 4.98. The Kier molecular flexibility index (Phi) is 12.1. The average Bonchev–Trinajstić information content (AvgIpc) is 2.19. The number of thiocarbonyl (C=S) groups is 1. The van der Waals surface area contributed by atoms with Gasteiger partial charge in [-0.3, -0.25) is 0 Å². The summed E-state index contributed by atoms with van der Waals surface area (Å²) in [4.78, 5) is 0. The molecule has 0 aliphatic rings. The molecule has 0 atom stereocenters. The standard InChI is InChI=1S/C7H17NO3S2Si.Li/c1-9-14(10-2,11-3)6-4-5-8-7(12)13;/h4-6H2,1-3H3,(H2,8,12,13);/q;+1/p-1. The summed E-state index contributed by atoms with van der Waals surface area (Å²) in [7, 11) is 2.40. The first-order chi connectivity index (χ1) is 6.60. The van der Waals surface area contributed by atoms with Crippen LogP contribution in [0.3, 0.4) is 0 Å². The van der Waals surface area contributed by atoms with Gasteiger partial charge in [0.25, 0.3) is 0 Å². The van der Waals surface area contributed by atoms with E-state index in [1.807, 2.05) is 0 Å². The molecule has 0 aliphatic carbocycles. The zero-order valence-corrected chi connectivity index (χ0v) is 12.3. The van der Waals surface area contributed by atoms with Crippen molar-refractivity contribution < 1.29 is 32.1 Å². The first-order valence-electron chi connectivity index (χ1n) is 4.20. The molecule has 84 valence electrons. The van der Waals surface area contributed by atoms with Gasteiger partial charge in [-0.2, -0.15) is 0 Å². The maximum absolute atomic E-state index is 5.25. The number of rotatable bonds is 7. The van der Waals surface area contributed by atoms with E-state index in [2.05, 4.69) is 5.32 Å². The first kappa shape index (κ1) is 18.2. The van der Waals surface area contributed by atoms with Crippen molar-refractivity contribution in [2.24, 2.45) is 0 Å². The third kappa shape index (κ3) is 7.66. The molecule has 0 heterocycles. The summed E-state index contributed by atoms with van der Waals surface area (Å²) in [5, 5.41) is 2.89. The molecule has 0 saturated carbocycles. The van der Waals surface area contributed by atoms with Gasteiger partial charge in [0.15, 0.2) is 0 Å². The Morgan fingerprint density at radius 1 is 1.27 bits per heavy atom. The van der Waals surface area contributed by atoms with Crippen LogP contribution >= 0.6 is 12.2 Å². The van der Waals surface area contributed by atoms with E-state index in [0.717, 1.165) is 19.0 Å². The molecule has 0 rings (SSSR count). The molecule has 8 heteroatoms. The van der Waals surface area contributed by atoms with Gasteiger partial charge >= 0.3 is 27.7 Å². The Labute approximate surface area is 115 Å². The largest absolute Gasteiger partial charge is 1.00 e. The van der Waals surface area contributed by atoms with Crippen LogP contribution in [0.15, 0.2) is 0 Å². The number of nitrogens with one attached hydrogen (secondary N) is 1. The summed E-state index contributed by atoms with van der Waals surface area (Å²) in [6, 6.07) is 0.751. The van der Waals surface area contributed by atoms with Gasteiger partial charge in [-0.15, -0.1) is 0 Å². The van der Waals surface area contributed by atoms with Crippen molar-refractivity contribution >= 4 is 38.0 Å². The summed E-state index contributed by atoms with van der Waals surface area (Å²) in [5.74, 6) is 0. The van der Waals surface area contributed by atoms with Crippen LogP contribution in [0.25, 0.3) is 0 Å². The van der Waals surface area contributed by atoms with Crippen molar-refractivity contribution in [3.8, 4) is 0 Å². The molecule has 0 amide bonds. The Hall–Kier alpha value is 0.804. The smallest absolute Gasteiger partial charge is 0.412 e. The summed E-state index contributed by atoms with van der Waals surface area (Å²) in [5.41, 5.74) is 0. The zero-order chi connectivity index (χ0) is 11.0. The quantitative estimate of drug-likeness (QED) is 0.240. The van der Waals surface area contributed by atoms with Crippen LogP contribution < -0.4 is 24.2 Å². The van der Waals surface area contributed by atoms with Crippen molar-refractivity contribution in [3.63, 3.8) is 0 Å². The Bertz CT molecular complexity index is 175. The van der Waals surface area contributed by atoms with Crippen molar-refractivity contribution in [1.82, 2.24) is 5.32 Å². The topological polar surface area (TPSA) is 39.7 Å². The predicted molar refractivity (Wildman–Crippen MR) is 64.2 cm³/mol. The molecular weight excluding hydrogens is 245 g/mol. The second-order valence-corrected chi connectivity index (χ2v) is 6.78. The third-order valence-electron chi connectivity index (χ3n) is 1.86. The fourth-order valence-corrected chi connectivity index (χ4v) is 2.98. The van der Waals surface area contributed by atoms with Gasteiger partial charge in [-0.1, -0.05) is 4.32 Å². The molecule has 0 fully saturated rings. The normalized spacial score (nSPS) is 10.6. The molecule has 0 aromatic heterocycles. The second kappa shape index (κ2) is 9.99. The summed E-state index contributed by atoms with van der Waals surface area (Å²) in [6.07, 6.45) is 0.860. The van der Waals surface area contributed by atoms with Crippen LogP contribution in [0.1, 0.15) is 6.42 Å². The minimum Gasteiger partial charge on any atom is -0.412 e. The van der Waals surface area contributed by atoms with E-state index in [0.29, 0.717) is 4.32 Å². The molecule has 1 N–H and O–H groups in total. The molecule has 0 aromatic rings. The molecule has 0 saturated heterocycles. The SMILES string of the molecule is CO[Si](CCCNC(=S)[S-])(OC)OC.[Li+]. The van der Waals surface area contributed by atoms with Gasteiger partial charge in [0.2, 0.25) is 0 Å². The van der Waals surface area contributed by atoms with E-state index in [1.54, 1.807) is 21.3 Å². The van der Waals surface area contributed by atoms with E-state index in [4.69, 9.17) is 38.1 Å². The molecule has 4 nitrogen and oxygen atoms in total. The van der Waals surface area contributed by atoms with Crippen molar-refractivity contribution in [3.05, 3.63) is 0 Å². The van der Waals surface area contributed by atoms with Gasteiger partial charge < -0.3 is 43.4 Å². The van der Waals surface area contributed by atoms with E-state index in [9.17, 15) is 0 Å². The Morgan fingerprint density at radius 2 is 1.73 bits per heavy atom. The molecule has 15 heavy (non-hydrogen) atoms. The van der Waals surface area contributed by atoms with Crippen molar-refractivity contribution in [2.75, 3.05) is 27.9 Å². The minimum atomic E-state index is -2.41. The fourth-order valence-electron chi connectivity index (χ4n) is 1.05. The molecule has 0 radical (unpaired) electrons. The van der Waals surface area contributed by atoms with Crippen LogP contribution in [-0.2, 0) is 25.9 Å². The van der Waals surface area contributed by atoms with Crippen LogP contribution in [0.4, 0.5) is 0 Å². The van der Waals surface area contributed by atoms with Gasteiger partial charge in [0.05, 0.1) is 0 Å². The first-order valence-corrected chi connectivity index (χ1v) is 6.95. The maximum atomic E-state index is 5.25. The van der Waals surface area contributed by atoms with Crippen LogP contribution in [0, 0.1) is 0 Å².